The lowest BCUT2D eigenvalue weighted by molar-refractivity contribution is -0.121. The molecule has 1 aliphatic rings. The predicted octanol–water partition coefficient (Wildman–Crippen LogP) is -1.000. The lowest BCUT2D eigenvalue weighted by Gasteiger charge is -2.33. The first-order valence-electron chi connectivity index (χ1n) is 4.11. The van der Waals surface area contributed by atoms with Crippen molar-refractivity contribution in [2.75, 3.05) is 33.2 Å². The molecule has 4 nitrogen and oxygen atoms in total. The van der Waals surface area contributed by atoms with E-state index in [9.17, 15) is 9.59 Å². The number of piperazine rings is 1. The Kier molecular flexibility index (Phi) is 3.37. The second-order valence-corrected chi connectivity index (χ2v) is 3.10. The molecular weight excluding hydrogens is 156 g/mol. The predicted molar refractivity (Wildman–Crippen MR) is 45.0 cm³/mol. The van der Waals surface area contributed by atoms with Gasteiger partial charge in [-0.1, -0.05) is 0 Å². The van der Waals surface area contributed by atoms with Gasteiger partial charge in [0.2, 0.25) is 0 Å². The van der Waals surface area contributed by atoms with E-state index in [1.807, 2.05) is 11.9 Å². The number of aldehydes is 2. The summed E-state index contributed by atoms with van der Waals surface area (Å²) in [5.41, 5.74) is 0. The summed E-state index contributed by atoms with van der Waals surface area (Å²) < 4.78 is 0. The van der Waals surface area contributed by atoms with Crippen LogP contribution in [0.3, 0.4) is 0 Å². The lowest BCUT2D eigenvalue weighted by Crippen LogP contribution is -2.50. The van der Waals surface area contributed by atoms with Gasteiger partial charge in [-0.15, -0.1) is 0 Å². The molecule has 1 fully saturated rings. The third-order valence-electron chi connectivity index (χ3n) is 2.24. The van der Waals surface area contributed by atoms with E-state index in [0.717, 1.165) is 26.2 Å². The van der Waals surface area contributed by atoms with E-state index >= 15 is 0 Å². The van der Waals surface area contributed by atoms with E-state index in [1.54, 1.807) is 0 Å². The highest BCUT2D eigenvalue weighted by Gasteiger charge is 2.20. The summed E-state index contributed by atoms with van der Waals surface area (Å²) in [5.74, 6) is 0. The van der Waals surface area contributed by atoms with Crippen molar-refractivity contribution < 1.29 is 9.59 Å². The number of nitrogens with zero attached hydrogens (tertiary/aromatic N) is 2. The van der Waals surface area contributed by atoms with Crippen LogP contribution in [-0.2, 0) is 9.59 Å². The van der Waals surface area contributed by atoms with Gasteiger partial charge < -0.3 is 14.5 Å². The summed E-state index contributed by atoms with van der Waals surface area (Å²) in [5, 5.41) is 0. The summed E-state index contributed by atoms with van der Waals surface area (Å²) in [6.07, 6.45) is 1.41. The molecule has 0 bridgehead atoms. The normalized spacial score (nSPS) is 21.2. The lowest BCUT2D eigenvalue weighted by atomic mass is 10.2. The van der Waals surface area contributed by atoms with E-state index < -0.39 is 6.04 Å². The van der Waals surface area contributed by atoms with Crippen molar-refractivity contribution in [2.45, 2.75) is 6.04 Å². The largest absolute Gasteiger partial charge is 0.304 e. The van der Waals surface area contributed by atoms with Crippen molar-refractivity contribution in [3.63, 3.8) is 0 Å². The Hall–Kier alpha value is -0.740. The molecule has 0 saturated carbocycles. The topological polar surface area (TPSA) is 40.6 Å². The summed E-state index contributed by atoms with van der Waals surface area (Å²) in [7, 11) is 2.04. The summed E-state index contributed by atoms with van der Waals surface area (Å²) in [6, 6.07) is -0.529. The van der Waals surface area contributed by atoms with Gasteiger partial charge in [-0.3, -0.25) is 4.90 Å². The van der Waals surface area contributed by atoms with Gasteiger partial charge in [0.05, 0.1) is 0 Å². The molecule has 1 rings (SSSR count). The van der Waals surface area contributed by atoms with Crippen molar-refractivity contribution in [3.05, 3.63) is 0 Å². The van der Waals surface area contributed by atoms with Crippen LogP contribution in [0, 0.1) is 0 Å². The number of carbonyl (C=O) groups excluding carboxylic acids is 2. The molecule has 12 heavy (non-hydrogen) atoms. The second-order valence-electron chi connectivity index (χ2n) is 3.10. The van der Waals surface area contributed by atoms with E-state index in [4.69, 9.17) is 0 Å². The van der Waals surface area contributed by atoms with Gasteiger partial charge in [0.25, 0.3) is 0 Å². The number of rotatable bonds is 3. The van der Waals surface area contributed by atoms with Crippen LogP contribution < -0.4 is 0 Å². The molecule has 68 valence electrons. The molecule has 1 aliphatic heterocycles. The van der Waals surface area contributed by atoms with Gasteiger partial charge in [0.15, 0.2) is 0 Å². The molecule has 1 saturated heterocycles. The van der Waals surface area contributed by atoms with Crippen LogP contribution in [-0.4, -0.2) is 61.6 Å². The van der Waals surface area contributed by atoms with Gasteiger partial charge in [-0.2, -0.15) is 0 Å². The minimum Gasteiger partial charge on any atom is -0.304 e. The molecule has 4 heteroatoms. The molecule has 0 amide bonds. The molecule has 0 radical (unpaired) electrons. The van der Waals surface area contributed by atoms with Gasteiger partial charge >= 0.3 is 0 Å². The molecule has 1 heterocycles. The zero-order chi connectivity index (χ0) is 8.97. The van der Waals surface area contributed by atoms with Crippen LogP contribution in [0.4, 0.5) is 0 Å². The quantitative estimate of drug-likeness (QED) is 0.402. The Labute approximate surface area is 72.1 Å². The molecular formula is C8H14N2O2. The minimum atomic E-state index is -0.529. The summed E-state index contributed by atoms with van der Waals surface area (Å²) in [4.78, 5) is 24.9. The maximum atomic E-state index is 10.4. The fourth-order valence-corrected chi connectivity index (χ4v) is 1.32. The molecule has 0 spiro atoms. The second kappa shape index (κ2) is 4.33. The van der Waals surface area contributed by atoms with Crippen LogP contribution in [0.15, 0.2) is 0 Å². The zero-order valence-corrected chi connectivity index (χ0v) is 7.27. The average Bonchev–Trinajstić information content (AvgIpc) is 2.10. The van der Waals surface area contributed by atoms with E-state index in [2.05, 4.69) is 4.90 Å². The Morgan fingerprint density at radius 3 is 2.00 bits per heavy atom. The minimum absolute atomic E-state index is 0.529. The van der Waals surface area contributed by atoms with E-state index in [1.165, 1.54) is 0 Å². The first-order chi connectivity index (χ1) is 5.77. The Morgan fingerprint density at radius 2 is 1.58 bits per heavy atom. The number of carbonyl (C=O) groups is 2. The van der Waals surface area contributed by atoms with Gasteiger partial charge in [-0.25, -0.2) is 0 Å². The van der Waals surface area contributed by atoms with Gasteiger partial charge in [-0.05, 0) is 7.05 Å². The van der Waals surface area contributed by atoms with Crippen LogP contribution in [0.1, 0.15) is 0 Å². The molecule has 0 N–H and O–H groups in total. The number of hydrogen-bond acceptors (Lipinski definition) is 4. The van der Waals surface area contributed by atoms with Crippen molar-refractivity contribution in [2.24, 2.45) is 0 Å². The highest BCUT2D eigenvalue weighted by molar-refractivity contribution is 5.82. The maximum absolute atomic E-state index is 10.4. The highest BCUT2D eigenvalue weighted by atomic mass is 16.1. The Bertz CT molecular complexity index is 156. The summed E-state index contributed by atoms with van der Waals surface area (Å²) in [6.45, 7) is 3.47. The van der Waals surface area contributed by atoms with Crippen LogP contribution in [0.2, 0.25) is 0 Å². The molecule has 0 aromatic carbocycles. The van der Waals surface area contributed by atoms with E-state index in [-0.39, 0.29) is 0 Å². The third kappa shape index (κ3) is 2.12. The van der Waals surface area contributed by atoms with E-state index in [0.29, 0.717) is 12.6 Å². The fourth-order valence-electron chi connectivity index (χ4n) is 1.32. The Morgan fingerprint density at radius 1 is 1.08 bits per heavy atom. The van der Waals surface area contributed by atoms with Crippen molar-refractivity contribution >= 4 is 12.6 Å². The van der Waals surface area contributed by atoms with Crippen LogP contribution in [0.5, 0.6) is 0 Å². The summed E-state index contributed by atoms with van der Waals surface area (Å²) >= 11 is 0. The van der Waals surface area contributed by atoms with Gasteiger partial charge in [0.1, 0.15) is 18.6 Å². The average molecular weight is 170 g/mol. The molecule has 0 aromatic rings. The monoisotopic (exact) mass is 170 g/mol. The first kappa shape index (κ1) is 9.35. The van der Waals surface area contributed by atoms with Crippen LogP contribution in [0.25, 0.3) is 0 Å². The third-order valence-corrected chi connectivity index (χ3v) is 2.24. The molecule has 0 aliphatic carbocycles. The fraction of sp³-hybridized carbons (Fsp3) is 0.750. The number of likely N-dealkylation sites (N-methyl/N-ethyl adjacent to an activating group) is 1. The Balaban J connectivity index is 2.42. The molecule has 0 unspecified atom stereocenters. The van der Waals surface area contributed by atoms with Crippen molar-refractivity contribution in [1.29, 1.82) is 0 Å². The number of hydrogen-bond donors (Lipinski definition) is 0. The smallest absolute Gasteiger partial charge is 0.144 e. The SMILES string of the molecule is CN1CCN(C(C=O)C=O)CC1. The maximum Gasteiger partial charge on any atom is 0.144 e. The van der Waals surface area contributed by atoms with Crippen molar-refractivity contribution in [3.8, 4) is 0 Å². The van der Waals surface area contributed by atoms with Crippen molar-refractivity contribution in [1.82, 2.24) is 9.80 Å². The zero-order valence-electron chi connectivity index (χ0n) is 7.27. The first-order valence-corrected chi connectivity index (χ1v) is 4.11. The van der Waals surface area contributed by atoms with Crippen LogP contribution >= 0.6 is 0 Å². The molecule has 0 aromatic heterocycles. The standard InChI is InChI=1S/C8H14N2O2/c1-9-2-4-10(5-3-9)8(6-11)7-12/h6-8H,2-5H2,1H3. The highest BCUT2D eigenvalue weighted by Crippen LogP contribution is 2.01. The molecule has 0 atom stereocenters. The van der Waals surface area contributed by atoms with Gasteiger partial charge in [0, 0.05) is 26.2 Å².